The lowest BCUT2D eigenvalue weighted by molar-refractivity contribution is -0.123. The van der Waals surface area contributed by atoms with E-state index in [0.29, 0.717) is 19.0 Å². The number of carbonyl (C=O) groups excluding carboxylic acids is 1. The Kier molecular flexibility index (Phi) is 10.4. The molecular weight excluding hydrogens is 519 g/mol. The van der Waals surface area contributed by atoms with E-state index in [-0.39, 0.29) is 35.9 Å². The Hall–Kier alpha value is -2.14. The fourth-order valence-corrected chi connectivity index (χ4v) is 3.49. The molecule has 2 aromatic rings. The molecule has 0 saturated carbocycles. The molecule has 0 bridgehead atoms. The zero-order valence-corrected chi connectivity index (χ0v) is 21.8. The van der Waals surface area contributed by atoms with Gasteiger partial charge >= 0.3 is 0 Å². The molecule has 1 fully saturated rings. The van der Waals surface area contributed by atoms with Crippen molar-refractivity contribution < 1.29 is 9.21 Å². The third-order valence-electron chi connectivity index (χ3n) is 5.08. The summed E-state index contributed by atoms with van der Waals surface area (Å²) in [5.74, 6) is 2.28. The molecule has 0 radical (unpaired) electrons. The van der Waals surface area contributed by atoms with Gasteiger partial charge in [0.05, 0.1) is 12.7 Å². The number of nitrogens with one attached hydrogen (secondary N) is 2. The highest BCUT2D eigenvalue weighted by Crippen LogP contribution is 2.21. The average molecular weight is 554 g/mol. The Labute approximate surface area is 207 Å². The molecule has 2 heterocycles. The van der Waals surface area contributed by atoms with E-state index in [2.05, 4.69) is 51.4 Å². The maximum atomic E-state index is 12.0. The largest absolute Gasteiger partial charge is 0.439 e. The maximum absolute atomic E-state index is 12.0. The molecule has 0 spiro atoms. The van der Waals surface area contributed by atoms with Gasteiger partial charge in [0.1, 0.15) is 6.54 Å². The summed E-state index contributed by atoms with van der Waals surface area (Å²) in [5.41, 5.74) is 2.22. The second kappa shape index (κ2) is 12.8. The van der Waals surface area contributed by atoms with Crippen molar-refractivity contribution in [1.29, 1.82) is 0 Å². The van der Waals surface area contributed by atoms with Crippen molar-refractivity contribution in [2.24, 2.45) is 4.99 Å². The van der Waals surface area contributed by atoms with E-state index in [9.17, 15) is 4.79 Å². The average Bonchev–Trinajstić information content (AvgIpc) is 3.21. The van der Waals surface area contributed by atoms with Gasteiger partial charge in [0, 0.05) is 44.3 Å². The molecule has 2 N–H and O–H groups in total. The summed E-state index contributed by atoms with van der Waals surface area (Å²) in [7, 11) is 0. The molecule has 1 aromatic heterocycles. The van der Waals surface area contributed by atoms with Gasteiger partial charge in [-0.1, -0.05) is 29.8 Å². The van der Waals surface area contributed by atoms with Gasteiger partial charge in [-0.3, -0.25) is 9.69 Å². The van der Waals surface area contributed by atoms with Crippen LogP contribution in [0, 0.1) is 6.92 Å². The summed E-state index contributed by atoms with van der Waals surface area (Å²) in [6.07, 6.45) is 1.75. The number of benzene rings is 1. The summed E-state index contributed by atoms with van der Waals surface area (Å²) in [6, 6.07) is 8.36. The lowest BCUT2D eigenvalue weighted by Crippen LogP contribution is -2.54. The van der Waals surface area contributed by atoms with Gasteiger partial charge < -0.3 is 20.0 Å². The van der Waals surface area contributed by atoms with Crippen molar-refractivity contribution in [2.75, 3.05) is 39.3 Å². The van der Waals surface area contributed by atoms with Gasteiger partial charge in [-0.15, -0.1) is 24.0 Å². The minimum Gasteiger partial charge on any atom is -0.439 e. The van der Waals surface area contributed by atoms with Crippen molar-refractivity contribution in [3.05, 3.63) is 41.9 Å². The summed E-state index contributed by atoms with van der Waals surface area (Å²) < 4.78 is 5.90. The lowest BCUT2D eigenvalue weighted by Gasteiger charge is -2.36. The predicted molar refractivity (Wildman–Crippen MR) is 138 cm³/mol. The van der Waals surface area contributed by atoms with E-state index < -0.39 is 0 Å². The molecule has 1 aliphatic rings. The lowest BCUT2D eigenvalue weighted by atomic mass is 10.1. The van der Waals surface area contributed by atoms with Crippen LogP contribution in [0.1, 0.15) is 32.2 Å². The highest BCUT2D eigenvalue weighted by molar-refractivity contribution is 14.0. The minimum atomic E-state index is 0. The zero-order chi connectivity index (χ0) is 22.2. The van der Waals surface area contributed by atoms with Crippen LogP contribution in [0.4, 0.5) is 0 Å². The Morgan fingerprint density at radius 1 is 1.19 bits per heavy atom. The standard InChI is InChI=1S/C23H34N6O2.HI/c1-5-24-23(29-12-10-28(11-13-29)16-21(30)27-17(2)3)26-15-22-25-14-20(31-22)19-8-6-18(4)7-9-19;/h6-9,14,17H,5,10-13,15-16H2,1-4H3,(H,24,26)(H,27,30);1H. The van der Waals surface area contributed by atoms with Crippen LogP contribution < -0.4 is 10.6 Å². The number of guanidine groups is 1. The quantitative estimate of drug-likeness (QED) is 0.311. The van der Waals surface area contributed by atoms with E-state index in [1.165, 1.54) is 5.56 Å². The number of aliphatic imine (C=N–C) groups is 1. The first-order chi connectivity index (χ1) is 14.9. The van der Waals surface area contributed by atoms with Gasteiger partial charge in [-0.2, -0.15) is 0 Å². The van der Waals surface area contributed by atoms with E-state index in [1.807, 2.05) is 26.0 Å². The second-order valence-electron chi connectivity index (χ2n) is 8.14. The molecule has 9 heteroatoms. The van der Waals surface area contributed by atoms with Crippen molar-refractivity contribution in [1.82, 2.24) is 25.4 Å². The third-order valence-corrected chi connectivity index (χ3v) is 5.08. The number of nitrogens with zero attached hydrogens (tertiary/aromatic N) is 4. The number of halogens is 1. The minimum absolute atomic E-state index is 0. The molecule has 3 rings (SSSR count). The number of rotatable bonds is 7. The molecule has 1 amide bonds. The first kappa shape index (κ1) is 26.1. The van der Waals surface area contributed by atoms with Crippen molar-refractivity contribution in [2.45, 2.75) is 40.3 Å². The molecule has 32 heavy (non-hydrogen) atoms. The van der Waals surface area contributed by atoms with Gasteiger partial charge in [-0.25, -0.2) is 9.98 Å². The molecular formula is C23H35IN6O2. The van der Waals surface area contributed by atoms with Crippen LogP contribution in [0.3, 0.4) is 0 Å². The van der Waals surface area contributed by atoms with E-state index in [4.69, 9.17) is 9.41 Å². The van der Waals surface area contributed by atoms with Crippen LogP contribution in [-0.4, -0.2) is 72.0 Å². The maximum Gasteiger partial charge on any atom is 0.234 e. The first-order valence-corrected chi connectivity index (χ1v) is 11.0. The van der Waals surface area contributed by atoms with E-state index in [0.717, 1.165) is 50.0 Å². The Balaban J connectivity index is 0.00000363. The number of piperazine rings is 1. The Bertz CT molecular complexity index is 873. The highest BCUT2D eigenvalue weighted by Gasteiger charge is 2.21. The monoisotopic (exact) mass is 554 g/mol. The van der Waals surface area contributed by atoms with Crippen LogP contribution in [-0.2, 0) is 11.3 Å². The molecule has 1 aliphatic heterocycles. The highest BCUT2D eigenvalue weighted by atomic mass is 127. The van der Waals surface area contributed by atoms with Crippen molar-refractivity contribution in [3.8, 4) is 11.3 Å². The zero-order valence-electron chi connectivity index (χ0n) is 19.4. The van der Waals surface area contributed by atoms with Crippen molar-refractivity contribution in [3.63, 3.8) is 0 Å². The van der Waals surface area contributed by atoms with Crippen molar-refractivity contribution >= 4 is 35.8 Å². The van der Waals surface area contributed by atoms with Crippen LogP contribution in [0.2, 0.25) is 0 Å². The van der Waals surface area contributed by atoms with Gasteiger partial charge in [0.25, 0.3) is 0 Å². The molecule has 8 nitrogen and oxygen atoms in total. The fraction of sp³-hybridized carbons (Fsp3) is 0.522. The number of hydrogen-bond acceptors (Lipinski definition) is 5. The molecule has 0 atom stereocenters. The van der Waals surface area contributed by atoms with Crippen LogP contribution in [0.15, 0.2) is 39.9 Å². The van der Waals surface area contributed by atoms with Crippen LogP contribution in [0.5, 0.6) is 0 Å². The number of amides is 1. The molecule has 0 aliphatic carbocycles. The van der Waals surface area contributed by atoms with Gasteiger partial charge in [-0.05, 0) is 27.7 Å². The molecule has 0 unspecified atom stereocenters. The number of aromatic nitrogens is 1. The van der Waals surface area contributed by atoms with Gasteiger partial charge in [0.15, 0.2) is 11.7 Å². The fourth-order valence-electron chi connectivity index (χ4n) is 3.49. The SMILES string of the molecule is CCNC(=NCc1ncc(-c2ccc(C)cc2)o1)N1CCN(CC(=O)NC(C)C)CC1.I. The first-order valence-electron chi connectivity index (χ1n) is 11.0. The normalized spacial score (nSPS) is 14.9. The Morgan fingerprint density at radius 3 is 2.50 bits per heavy atom. The molecule has 1 saturated heterocycles. The summed E-state index contributed by atoms with van der Waals surface area (Å²) in [4.78, 5) is 25.5. The summed E-state index contributed by atoms with van der Waals surface area (Å²) in [6.45, 7) is 13.0. The van der Waals surface area contributed by atoms with Gasteiger partial charge in [0.2, 0.25) is 11.8 Å². The predicted octanol–water partition coefficient (Wildman–Crippen LogP) is 2.88. The summed E-state index contributed by atoms with van der Waals surface area (Å²) >= 11 is 0. The molecule has 1 aromatic carbocycles. The number of carbonyl (C=O) groups is 1. The smallest absolute Gasteiger partial charge is 0.234 e. The van der Waals surface area contributed by atoms with E-state index >= 15 is 0 Å². The topological polar surface area (TPSA) is 86.0 Å². The number of aryl methyl sites for hydroxylation is 1. The molecule has 176 valence electrons. The van der Waals surface area contributed by atoms with Crippen LogP contribution >= 0.6 is 24.0 Å². The number of oxazole rings is 1. The second-order valence-corrected chi connectivity index (χ2v) is 8.14. The van der Waals surface area contributed by atoms with Crippen LogP contribution in [0.25, 0.3) is 11.3 Å². The Morgan fingerprint density at radius 2 is 1.88 bits per heavy atom. The number of hydrogen-bond donors (Lipinski definition) is 2. The van der Waals surface area contributed by atoms with E-state index in [1.54, 1.807) is 6.20 Å². The summed E-state index contributed by atoms with van der Waals surface area (Å²) in [5, 5.41) is 6.31. The third kappa shape index (κ3) is 7.77.